The summed E-state index contributed by atoms with van der Waals surface area (Å²) in [5.41, 5.74) is 0.897. The lowest BCUT2D eigenvalue weighted by Gasteiger charge is -2.18. The minimum atomic E-state index is -1.15. The fraction of sp³-hybridized carbons (Fsp3) is 0.412. The molecule has 1 aliphatic rings. The van der Waals surface area contributed by atoms with E-state index in [9.17, 15) is 19.2 Å². The molecule has 1 saturated heterocycles. The molecule has 1 fully saturated rings. The Morgan fingerprint density at radius 2 is 2.00 bits per heavy atom. The maximum atomic E-state index is 12.4. The van der Waals surface area contributed by atoms with Crippen LogP contribution < -0.4 is 10.2 Å². The number of benzene rings is 1. The van der Waals surface area contributed by atoms with Crippen LogP contribution in [0.15, 0.2) is 24.3 Å². The van der Waals surface area contributed by atoms with Crippen molar-refractivity contribution >= 4 is 29.4 Å². The third kappa shape index (κ3) is 4.56. The number of carbonyl (C=O) groups excluding carboxylic acids is 4. The van der Waals surface area contributed by atoms with Gasteiger partial charge in [0.2, 0.25) is 5.91 Å². The Labute approximate surface area is 145 Å². The lowest BCUT2D eigenvalue weighted by atomic mass is 10.1. The standard InChI is InChI=1S/C17H20N2O6/c1-24-15(21)10-13(17(23)25-2)18-16(22)11-5-3-6-12(9-11)19-8-4-7-14(19)20/h3,5-6,9,13H,4,7-8,10H2,1-2H3,(H,18,22)/t13-/m1/s1. The van der Waals surface area contributed by atoms with Gasteiger partial charge in [0, 0.05) is 24.2 Å². The van der Waals surface area contributed by atoms with E-state index in [4.69, 9.17) is 0 Å². The molecule has 0 radical (unpaired) electrons. The zero-order valence-electron chi connectivity index (χ0n) is 14.1. The molecule has 0 aromatic heterocycles. The molecule has 1 atom stereocenters. The zero-order chi connectivity index (χ0) is 18.4. The summed E-state index contributed by atoms with van der Waals surface area (Å²) < 4.78 is 9.12. The fourth-order valence-electron chi connectivity index (χ4n) is 2.56. The number of amides is 2. The highest BCUT2D eigenvalue weighted by Gasteiger charge is 2.26. The second kappa shape index (κ2) is 8.27. The van der Waals surface area contributed by atoms with Crippen LogP contribution >= 0.6 is 0 Å². The van der Waals surface area contributed by atoms with Gasteiger partial charge in [0.25, 0.3) is 5.91 Å². The van der Waals surface area contributed by atoms with Crippen molar-refractivity contribution in [2.75, 3.05) is 25.7 Å². The van der Waals surface area contributed by atoms with E-state index in [0.29, 0.717) is 18.7 Å². The Balaban J connectivity index is 2.14. The zero-order valence-corrected chi connectivity index (χ0v) is 14.1. The largest absolute Gasteiger partial charge is 0.469 e. The van der Waals surface area contributed by atoms with Gasteiger partial charge in [-0.3, -0.25) is 14.4 Å². The summed E-state index contributed by atoms with van der Waals surface area (Å²) in [6.07, 6.45) is 0.929. The molecule has 1 aromatic rings. The van der Waals surface area contributed by atoms with Crippen molar-refractivity contribution in [3.05, 3.63) is 29.8 Å². The van der Waals surface area contributed by atoms with Crippen molar-refractivity contribution in [3.8, 4) is 0 Å². The van der Waals surface area contributed by atoms with Gasteiger partial charge in [-0.1, -0.05) is 6.07 Å². The van der Waals surface area contributed by atoms with Crippen molar-refractivity contribution < 1.29 is 28.7 Å². The average molecular weight is 348 g/mol. The first-order valence-electron chi connectivity index (χ1n) is 7.82. The van der Waals surface area contributed by atoms with Crippen LogP contribution in [0, 0.1) is 0 Å². The number of nitrogens with zero attached hydrogens (tertiary/aromatic N) is 1. The third-order valence-electron chi connectivity index (χ3n) is 3.88. The number of rotatable bonds is 6. The van der Waals surface area contributed by atoms with Crippen LogP contribution in [0.4, 0.5) is 5.69 Å². The van der Waals surface area contributed by atoms with Gasteiger partial charge in [0.15, 0.2) is 0 Å². The number of ether oxygens (including phenoxy) is 2. The number of hydrogen-bond acceptors (Lipinski definition) is 6. The summed E-state index contributed by atoms with van der Waals surface area (Å²) in [4.78, 5) is 49.0. The molecule has 0 aliphatic carbocycles. The molecule has 0 saturated carbocycles. The van der Waals surface area contributed by atoms with E-state index in [2.05, 4.69) is 14.8 Å². The molecule has 0 unspecified atom stereocenters. The van der Waals surface area contributed by atoms with E-state index in [1.165, 1.54) is 14.2 Å². The molecule has 2 rings (SSSR count). The Hall–Kier alpha value is -2.90. The molecule has 1 heterocycles. The molecule has 8 nitrogen and oxygen atoms in total. The summed E-state index contributed by atoms with van der Waals surface area (Å²) in [5.74, 6) is -1.93. The van der Waals surface area contributed by atoms with Crippen LogP contribution in [0.5, 0.6) is 0 Å². The van der Waals surface area contributed by atoms with Crippen LogP contribution in [0.1, 0.15) is 29.6 Å². The Kier molecular flexibility index (Phi) is 6.10. The molecule has 1 N–H and O–H groups in total. The number of esters is 2. The topological polar surface area (TPSA) is 102 Å². The van der Waals surface area contributed by atoms with Crippen molar-refractivity contribution in [2.45, 2.75) is 25.3 Å². The van der Waals surface area contributed by atoms with Gasteiger partial charge >= 0.3 is 11.9 Å². The molecule has 0 bridgehead atoms. The van der Waals surface area contributed by atoms with Crippen molar-refractivity contribution in [1.29, 1.82) is 0 Å². The first-order chi connectivity index (χ1) is 12.0. The molecule has 2 amide bonds. The van der Waals surface area contributed by atoms with Gasteiger partial charge in [-0.05, 0) is 24.6 Å². The predicted octanol–water partition coefficient (Wildman–Crippen LogP) is 0.648. The highest BCUT2D eigenvalue weighted by atomic mass is 16.5. The normalized spacial score (nSPS) is 14.8. The quantitative estimate of drug-likeness (QED) is 0.757. The van der Waals surface area contributed by atoms with Crippen molar-refractivity contribution in [3.63, 3.8) is 0 Å². The number of anilines is 1. The summed E-state index contributed by atoms with van der Waals surface area (Å²) in [5, 5.41) is 2.46. The molecule has 134 valence electrons. The molecule has 0 spiro atoms. The van der Waals surface area contributed by atoms with Gasteiger partial charge in [-0.25, -0.2) is 4.79 Å². The number of methoxy groups -OCH3 is 2. The number of hydrogen-bond donors (Lipinski definition) is 1. The van der Waals surface area contributed by atoms with E-state index >= 15 is 0 Å². The van der Waals surface area contributed by atoms with Gasteiger partial charge in [-0.2, -0.15) is 0 Å². The number of carbonyl (C=O) groups is 4. The lowest BCUT2D eigenvalue weighted by Crippen LogP contribution is -2.43. The van der Waals surface area contributed by atoms with Crippen molar-refractivity contribution in [2.24, 2.45) is 0 Å². The first-order valence-corrected chi connectivity index (χ1v) is 7.82. The summed E-state index contributed by atoms with van der Waals surface area (Å²) >= 11 is 0. The van der Waals surface area contributed by atoms with Crippen LogP contribution in [-0.2, 0) is 23.9 Å². The smallest absolute Gasteiger partial charge is 0.328 e. The lowest BCUT2D eigenvalue weighted by molar-refractivity contribution is -0.149. The van der Waals surface area contributed by atoms with E-state index in [1.54, 1.807) is 29.2 Å². The summed E-state index contributed by atoms with van der Waals surface area (Å²) in [7, 11) is 2.35. The fourth-order valence-corrected chi connectivity index (χ4v) is 2.56. The third-order valence-corrected chi connectivity index (χ3v) is 3.88. The van der Waals surface area contributed by atoms with E-state index < -0.39 is 23.9 Å². The molecule has 8 heteroatoms. The van der Waals surface area contributed by atoms with E-state index in [1.807, 2.05) is 0 Å². The minimum absolute atomic E-state index is 0.00990. The predicted molar refractivity (Wildman–Crippen MR) is 87.9 cm³/mol. The maximum absolute atomic E-state index is 12.4. The molecule has 25 heavy (non-hydrogen) atoms. The molecular weight excluding hydrogens is 328 g/mol. The molecule has 1 aliphatic heterocycles. The second-order valence-corrected chi connectivity index (χ2v) is 5.53. The summed E-state index contributed by atoms with van der Waals surface area (Å²) in [6.45, 7) is 0.608. The van der Waals surface area contributed by atoms with Crippen LogP contribution in [0.25, 0.3) is 0 Å². The van der Waals surface area contributed by atoms with Crippen molar-refractivity contribution in [1.82, 2.24) is 5.32 Å². The van der Waals surface area contributed by atoms with Gasteiger partial charge < -0.3 is 19.7 Å². The van der Waals surface area contributed by atoms with Crippen LogP contribution in [0.2, 0.25) is 0 Å². The monoisotopic (exact) mass is 348 g/mol. The Bertz CT molecular complexity index is 687. The SMILES string of the molecule is COC(=O)C[C@@H](NC(=O)c1cccc(N2CCCC2=O)c1)C(=O)OC. The highest BCUT2D eigenvalue weighted by molar-refractivity contribution is 6.00. The Morgan fingerprint density at radius 1 is 1.24 bits per heavy atom. The first kappa shape index (κ1) is 18.4. The molecular formula is C17H20N2O6. The van der Waals surface area contributed by atoms with Gasteiger partial charge in [0.1, 0.15) is 6.04 Å². The molecule has 1 aromatic carbocycles. The Morgan fingerprint density at radius 3 is 2.60 bits per heavy atom. The second-order valence-electron chi connectivity index (χ2n) is 5.53. The van der Waals surface area contributed by atoms with Gasteiger partial charge in [0.05, 0.1) is 20.6 Å². The van der Waals surface area contributed by atoms with Gasteiger partial charge in [-0.15, -0.1) is 0 Å². The van der Waals surface area contributed by atoms with Crippen LogP contribution in [-0.4, -0.2) is 50.6 Å². The van der Waals surface area contributed by atoms with E-state index in [0.717, 1.165) is 6.42 Å². The number of nitrogens with one attached hydrogen (secondary N) is 1. The summed E-state index contributed by atoms with van der Waals surface area (Å²) in [6, 6.07) is 5.38. The highest BCUT2D eigenvalue weighted by Crippen LogP contribution is 2.22. The van der Waals surface area contributed by atoms with Crippen LogP contribution in [0.3, 0.4) is 0 Å². The maximum Gasteiger partial charge on any atom is 0.328 e. The minimum Gasteiger partial charge on any atom is -0.469 e. The average Bonchev–Trinajstić information content (AvgIpc) is 3.06. The van der Waals surface area contributed by atoms with E-state index in [-0.39, 0.29) is 17.9 Å².